The Balaban J connectivity index is 1.88. The fraction of sp³-hybridized carbons (Fsp3) is 0.312. The number of nitrogens with zero attached hydrogens (tertiary/aromatic N) is 2. The Morgan fingerprint density at radius 2 is 1.83 bits per heavy atom. The van der Waals surface area contributed by atoms with E-state index in [1.54, 1.807) is 38.5 Å². The molecule has 0 spiro atoms. The maximum atomic E-state index is 12.1. The summed E-state index contributed by atoms with van der Waals surface area (Å²) in [5, 5.41) is 5.84. The van der Waals surface area contributed by atoms with E-state index in [1.807, 2.05) is 0 Å². The Hall–Kier alpha value is -2.67. The van der Waals surface area contributed by atoms with Gasteiger partial charge in [-0.1, -0.05) is 0 Å². The van der Waals surface area contributed by atoms with Gasteiger partial charge in [0.15, 0.2) is 0 Å². The molecule has 1 aromatic heterocycles. The molecule has 0 unspecified atom stereocenters. The van der Waals surface area contributed by atoms with Gasteiger partial charge in [-0.25, -0.2) is 9.97 Å². The number of aromatic nitrogens is 2. The highest BCUT2D eigenvalue weighted by Gasteiger charge is 2.07. The van der Waals surface area contributed by atoms with Gasteiger partial charge < -0.3 is 20.1 Å². The predicted molar refractivity (Wildman–Crippen MR) is 88.0 cm³/mol. The van der Waals surface area contributed by atoms with Gasteiger partial charge in [0, 0.05) is 38.3 Å². The zero-order chi connectivity index (χ0) is 16.5. The van der Waals surface area contributed by atoms with Gasteiger partial charge in [0.1, 0.15) is 5.75 Å². The molecule has 1 amide bonds. The van der Waals surface area contributed by atoms with Gasteiger partial charge in [-0.05, 0) is 30.7 Å². The number of nitrogens with one attached hydrogen (secondary N) is 2. The van der Waals surface area contributed by atoms with Crippen LogP contribution in [0, 0.1) is 0 Å². The van der Waals surface area contributed by atoms with E-state index in [-0.39, 0.29) is 5.91 Å². The number of methoxy groups -OCH3 is 2. The zero-order valence-corrected chi connectivity index (χ0v) is 13.2. The van der Waals surface area contributed by atoms with Crippen molar-refractivity contribution in [2.75, 3.05) is 38.0 Å². The summed E-state index contributed by atoms with van der Waals surface area (Å²) in [6.45, 7) is 1.39. The molecule has 0 aliphatic rings. The lowest BCUT2D eigenvalue weighted by atomic mass is 10.2. The lowest BCUT2D eigenvalue weighted by Gasteiger charge is -2.07. The summed E-state index contributed by atoms with van der Waals surface area (Å²) in [6.07, 6.45) is 3.84. The van der Waals surface area contributed by atoms with E-state index in [1.165, 1.54) is 12.4 Å². The number of ether oxygens (including phenoxy) is 2. The second kappa shape index (κ2) is 8.70. The molecule has 0 saturated carbocycles. The molecule has 0 saturated heterocycles. The van der Waals surface area contributed by atoms with Gasteiger partial charge in [0.2, 0.25) is 5.95 Å². The van der Waals surface area contributed by atoms with Gasteiger partial charge in [0.25, 0.3) is 5.91 Å². The minimum Gasteiger partial charge on any atom is -0.497 e. The van der Waals surface area contributed by atoms with E-state index >= 15 is 0 Å². The molecule has 7 heteroatoms. The summed E-state index contributed by atoms with van der Waals surface area (Å²) in [4.78, 5) is 20.4. The van der Waals surface area contributed by atoms with Crippen molar-refractivity contribution in [3.8, 4) is 5.75 Å². The predicted octanol–water partition coefficient (Wildman–Crippen LogP) is 2.19. The third-order valence-electron chi connectivity index (χ3n) is 3.07. The minimum atomic E-state index is -0.263. The lowest BCUT2D eigenvalue weighted by Crippen LogP contribution is -2.14. The van der Waals surface area contributed by atoms with Crippen molar-refractivity contribution in [1.29, 1.82) is 0 Å². The first-order chi connectivity index (χ1) is 11.2. The van der Waals surface area contributed by atoms with Crippen molar-refractivity contribution in [3.05, 3.63) is 42.2 Å². The smallest absolute Gasteiger partial charge is 0.258 e. The van der Waals surface area contributed by atoms with Crippen molar-refractivity contribution in [2.45, 2.75) is 6.42 Å². The number of carbonyl (C=O) groups excluding carboxylic acids is 1. The van der Waals surface area contributed by atoms with Crippen LogP contribution in [0.15, 0.2) is 36.7 Å². The number of amides is 1. The van der Waals surface area contributed by atoms with Crippen molar-refractivity contribution >= 4 is 17.5 Å². The Bertz CT molecular complexity index is 614. The normalized spacial score (nSPS) is 10.2. The van der Waals surface area contributed by atoms with Crippen LogP contribution in [0.25, 0.3) is 0 Å². The molecule has 7 nitrogen and oxygen atoms in total. The van der Waals surface area contributed by atoms with E-state index < -0.39 is 0 Å². The summed E-state index contributed by atoms with van der Waals surface area (Å²) in [7, 11) is 3.25. The fourth-order valence-electron chi connectivity index (χ4n) is 1.83. The molecule has 1 heterocycles. The molecule has 0 aliphatic carbocycles. The standard InChI is InChI=1S/C16H20N4O3/c1-22-9-3-8-17-16-18-10-12(11-19-16)15(21)20-13-4-6-14(23-2)7-5-13/h4-7,10-11H,3,8-9H2,1-2H3,(H,20,21)(H,17,18,19). The molecule has 1 aromatic carbocycles. The number of benzene rings is 1. The molecule has 122 valence electrons. The van der Waals surface area contributed by atoms with Crippen LogP contribution < -0.4 is 15.4 Å². The number of hydrogen-bond donors (Lipinski definition) is 2. The van der Waals surface area contributed by atoms with Crippen molar-refractivity contribution in [1.82, 2.24) is 9.97 Å². The molecular formula is C16H20N4O3. The van der Waals surface area contributed by atoms with Gasteiger partial charge >= 0.3 is 0 Å². The first-order valence-electron chi connectivity index (χ1n) is 7.23. The summed E-state index contributed by atoms with van der Waals surface area (Å²) in [5.74, 6) is 0.957. The number of carbonyl (C=O) groups is 1. The monoisotopic (exact) mass is 316 g/mol. The lowest BCUT2D eigenvalue weighted by molar-refractivity contribution is 0.102. The first kappa shape index (κ1) is 16.7. The topological polar surface area (TPSA) is 85.4 Å². The number of hydrogen-bond acceptors (Lipinski definition) is 6. The highest BCUT2D eigenvalue weighted by atomic mass is 16.5. The summed E-state index contributed by atoms with van der Waals surface area (Å²) >= 11 is 0. The largest absolute Gasteiger partial charge is 0.497 e. The average Bonchev–Trinajstić information content (AvgIpc) is 2.60. The van der Waals surface area contributed by atoms with E-state index in [0.29, 0.717) is 30.4 Å². The number of rotatable bonds is 8. The molecule has 0 atom stereocenters. The van der Waals surface area contributed by atoms with Crippen LogP contribution in [0.3, 0.4) is 0 Å². The SMILES string of the molecule is COCCCNc1ncc(C(=O)Nc2ccc(OC)cc2)cn1. The molecule has 0 bridgehead atoms. The fourth-order valence-corrected chi connectivity index (χ4v) is 1.83. The van der Waals surface area contributed by atoms with Gasteiger partial charge in [-0.2, -0.15) is 0 Å². The van der Waals surface area contributed by atoms with E-state index in [2.05, 4.69) is 20.6 Å². The van der Waals surface area contributed by atoms with Crippen LogP contribution in [-0.4, -0.2) is 43.2 Å². The van der Waals surface area contributed by atoms with E-state index in [4.69, 9.17) is 9.47 Å². The van der Waals surface area contributed by atoms with Crippen molar-refractivity contribution in [2.24, 2.45) is 0 Å². The van der Waals surface area contributed by atoms with Crippen LogP contribution in [0.2, 0.25) is 0 Å². The highest BCUT2D eigenvalue weighted by molar-refractivity contribution is 6.03. The van der Waals surface area contributed by atoms with Gasteiger partial charge in [-0.3, -0.25) is 4.79 Å². The van der Waals surface area contributed by atoms with Crippen molar-refractivity contribution in [3.63, 3.8) is 0 Å². The quantitative estimate of drug-likeness (QED) is 0.726. The maximum Gasteiger partial charge on any atom is 0.258 e. The molecule has 2 rings (SSSR count). The maximum absolute atomic E-state index is 12.1. The van der Waals surface area contributed by atoms with Gasteiger partial charge in [0.05, 0.1) is 12.7 Å². The van der Waals surface area contributed by atoms with Crippen LogP contribution in [-0.2, 0) is 4.74 Å². The molecule has 2 N–H and O–H groups in total. The molecule has 2 aromatic rings. The third-order valence-corrected chi connectivity index (χ3v) is 3.07. The Morgan fingerprint density at radius 1 is 1.13 bits per heavy atom. The molecule has 23 heavy (non-hydrogen) atoms. The van der Waals surface area contributed by atoms with Crippen LogP contribution >= 0.6 is 0 Å². The van der Waals surface area contributed by atoms with E-state index in [0.717, 1.165) is 12.2 Å². The highest BCUT2D eigenvalue weighted by Crippen LogP contribution is 2.15. The minimum absolute atomic E-state index is 0.263. The molecular weight excluding hydrogens is 296 g/mol. The molecule has 0 radical (unpaired) electrons. The van der Waals surface area contributed by atoms with Crippen LogP contribution in [0.4, 0.5) is 11.6 Å². The summed E-state index contributed by atoms with van der Waals surface area (Å²) in [6, 6.07) is 7.09. The second-order valence-electron chi connectivity index (χ2n) is 4.75. The summed E-state index contributed by atoms with van der Waals surface area (Å²) in [5.41, 5.74) is 1.07. The average molecular weight is 316 g/mol. The Kier molecular flexibility index (Phi) is 6.31. The van der Waals surface area contributed by atoms with Crippen LogP contribution in [0.1, 0.15) is 16.8 Å². The number of anilines is 2. The van der Waals surface area contributed by atoms with Crippen LogP contribution in [0.5, 0.6) is 5.75 Å². The summed E-state index contributed by atoms with van der Waals surface area (Å²) < 4.78 is 10.0. The van der Waals surface area contributed by atoms with Crippen molar-refractivity contribution < 1.29 is 14.3 Å². The zero-order valence-electron chi connectivity index (χ0n) is 13.2. The Morgan fingerprint density at radius 3 is 2.43 bits per heavy atom. The molecule has 0 aliphatic heterocycles. The second-order valence-corrected chi connectivity index (χ2v) is 4.75. The molecule has 0 fully saturated rings. The Labute approximate surface area is 135 Å². The van der Waals surface area contributed by atoms with Gasteiger partial charge in [-0.15, -0.1) is 0 Å². The third kappa shape index (κ3) is 5.23. The first-order valence-corrected chi connectivity index (χ1v) is 7.23. The van der Waals surface area contributed by atoms with E-state index in [9.17, 15) is 4.79 Å².